The van der Waals surface area contributed by atoms with E-state index < -0.39 is 0 Å². The molecule has 1 aliphatic heterocycles. The first-order valence-corrected chi connectivity index (χ1v) is 8.31. The van der Waals surface area contributed by atoms with Crippen molar-refractivity contribution in [3.63, 3.8) is 0 Å². The average molecular weight is 329 g/mol. The number of carbonyl (C=O) groups is 1. The molecule has 4 heterocycles. The minimum Gasteiger partial charge on any atom is -0.350 e. The van der Waals surface area contributed by atoms with Gasteiger partial charge in [0.25, 0.3) is 5.56 Å². The highest BCUT2D eigenvalue weighted by Crippen LogP contribution is 2.14. The van der Waals surface area contributed by atoms with E-state index in [9.17, 15) is 9.59 Å². The summed E-state index contributed by atoms with van der Waals surface area (Å²) in [5, 5.41) is 5.38. The van der Waals surface area contributed by atoms with Crippen LogP contribution in [-0.2, 0) is 24.3 Å². The topological polar surface area (TPSA) is 81.8 Å². The Bertz CT molecular complexity index is 925. The molecule has 7 nitrogen and oxygen atoms in total. The number of aromatic nitrogens is 4. The van der Waals surface area contributed by atoms with Crippen molar-refractivity contribution in [2.75, 3.05) is 0 Å². The Labute approximate surface area is 135 Å². The van der Waals surface area contributed by atoms with Crippen molar-refractivity contribution in [2.24, 2.45) is 0 Å². The van der Waals surface area contributed by atoms with Crippen LogP contribution in [0, 0.1) is 0 Å². The molecule has 1 aliphatic rings. The average Bonchev–Trinajstić information content (AvgIpc) is 3.18. The maximum atomic E-state index is 12.3. The highest BCUT2D eigenvalue weighted by molar-refractivity contribution is 7.16. The summed E-state index contributed by atoms with van der Waals surface area (Å²) in [5.74, 6) is 0.885. The summed E-state index contributed by atoms with van der Waals surface area (Å²) in [6.45, 7) is 0.711. The summed E-state index contributed by atoms with van der Waals surface area (Å²) >= 11 is 1.42. The molecule has 1 atom stereocenters. The van der Waals surface area contributed by atoms with Crippen molar-refractivity contribution in [3.8, 4) is 0 Å². The maximum absolute atomic E-state index is 12.3. The Kier molecular flexibility index (Phi) is 3.45. The zero-order valence-electron chi connectivity index (χ0n) is 12.3. The van der Waals surface area contributed by atoms with Gasteiger partial charge >= 0.3 is 0 Å². The number of hydrogen-bond donors (Lipinski definition) is 1. The molecule has 0 radical (unpaired) electrons. The Morgan fingerprint density at radius 1 is 1.43 bits per heavy atom. The van der Waals surface area contributed by atoms with Crippen LogP contribution < -0.4 is 10.9 Å². The van der Waals surface area contributed by atoms with Crippen LogP contribution in [0.1, 0.15) is 12.2 Å². The summed E-state index contributed by atoms with van der Waals surface area (Å²) < 4.78 is 3.41. The zero-order valence-corrected chi connectivity index (χ0v) is 13.1. The molecule has 0 fully saturated rings. The maximum Gasteiger partial charge on any atom is 0.262 e. The minimum atomic E-state index is -0.174. The van der Waals surface area contributed by atoms with E-state index in [2.05, 4.69) is 19.9 Å². The number of amides is 1. The molecule has 4 rings (SSSR count). The number of fused-ring (bicyclic) bond motifs is 2. The van der Waals surface area contributed by atoms with E-state index in [4.69, 9.17) is 0 Å². The quantitative estimate of drug-likeness (QED) is 0.770. The fraction of sp³-hybridized carbons (Fsp3) is 0.333. The van der Waals surface area contributed by atoms with Crippen molar-refractivity contribution in [3.05, 3.63) is 46.3 Å². The number of imidazole rings is 1. The van der Waals surface area contributed by atoms with Crippen LogP contribution in [0.2, 0.25) is 0 Å². The van der Waals surface area contributed by atoms with Gasteiger partial charge in [-0.15, -0.1) is 11.3 Å². The predicted molar refractivity (Wildman–Crippen MR) is 86.4 cm³/mol. The summed E-state index contributed by atoms with van der Waals surface area (Å²) in [4.78, 5) is 33.7. The van der Waals surface area contributed by atoms with Gasteiger partial charge < -0.3 is 9.88 Å². The molecule has 23 heavy (non-hydrogen) atoms. The molecule has 1 N–H and O–H groups in total. The molecular weight excluding hydrogens is 314 g/mol. The fourth-order valence-electron chi connectivity index (χ4n) is 2.92. The highest BCUT2D eigenvalue weighted by Gasteiger charge is 2.20. The van der Waals surface area contributed by atoms with Crippen molar-refractivity contribution in [1.29, 1.82) is 0 Å². The third-order valence-corrected chi connectivity index (χ3v) is 4.89. The molecule has 0 bridgehead atoms. The van der Waals surface area contributed by atoms with Gasteiger partial charge in [0.05, 0.1) is 11.7 Å². The van der Waals surface area contributed by atoms with E-state index in [1.54, 1.807) is 12.3 Å². The summed E-state index contributed by atoms with van der Waals surface area (Å²) in [7, 11) is 0. The van der Waals surface area contributed by atoms with Crippen molar-refractivity contribution >= 4 is 27.5 Å². The molecule has 1 amide bonds. The van der Waals surface area contributed by atoms with Crippen molar-refractivity contribution in [2.45, 2.75) is 32.0 Å². The van der Waals surface area contributed by atoms with Crippen LogP contribution in [-0.4, -0.2) is 31.1 Å². The smallest absolute Gasteiger partial charge is 0.262 e. The van der Waals surface area contributed by atoms with Crippen molar-refractivity contribution < 1.29 is 4.79 Å². The molecule has 0 saturated carbocycles. The van der Waals surface area contributed by atoms with Gasteiger partial charge in [-0.3, -0.25) is 14.2 Å². The van der Waals surface area contributed by atoms with Gasteiger partial charge in [0.15, 0.2) is 0 Å². The van der Waals surface area contributed by atoms with Crippen LogP contribution in [0.4, 0.5) is 0 Å². The number of hydrogen-bond acceptors (Lipinski definition) is 5. The Morgan fingerprint density at radius 3 is 3.26 bits per heavy atom. The zero-order chi connectivity index (χ0) is 15.8. The van der Waals surface area contributed by atoms with E-state index in [-0.39, 0.29) is 24.1 Å². The number of thiophene rings is 1. The second kappa shape index (κ2) is 5.62. The normalized spacial score (nSPS) is 17.1. The third-order valence-electron chi connectivity index (χ3n) is 4.06. The van der Waals surface area contributed by atoms with Gasteiger partial charge in [-0.1, -0.05) is 0 Å². The Morgan fingerprint density at radius 2 is 2.35 bits per heavy atom. The SMILES string of the molecule is O=C(Cn1cnc2sccc2c1=O)N[C@H]1CCc2nccn2C1. The van der Waals surface area contributed by atoms with Gasteiger partial charge in [-0.2, -0.15) is 0 Å². The third kappa shape index (κ3) is 2.65. The molecule has 3 aromatic heterocycles. The van der Waals surface area contributed by atoms with Gasteiger partial charge in [-0.25, -0.2) is 9.97 Å². The molecule has 118 valence electrons. The summed E-state index contributed by atoms with van der Waals surface area (Å²) in [5.41, 5.74) is -0.174. The first-order chi connectivity index (χ1) is 11.2. The lowest BCUT2D eigenvalue weighted by Gasteiger charge is -2.24. The van der Waals surface area contributed by atoms with E-state index in [0.717, 1.165) is 25.2 Å². The number of aryl methyl sites for hydroxylation is 1. The largest absolute Gasteiger partial charge is 0.350 e. The second-order valence-electron chi connectivity index (χ2n) is 5.62. The number of nitrogens with one attached hydrogen (secondary N) is 1. The number of nitrogens with zero attached hydrogens (tertiary/aromatic N) is 4. The van der Waals surface area contributed by atoms with E-state index in [1.165, 1.54) is 22.2 Å². The van der Waals surface area contributed by atoms with Crippen LogP contribution >= 0.6 is 11.3 Å². The van der Waals surface area contributed by atoms with E-state index >= 15 is 0 Å². The predicted octanol–water partition coefficient (Wildman–Crippen LogP) is 0.786. The fourth-order valence-corrected chi connectivity index (χ4v) is 3.64. The lowest BCUT2D eigenvalue weighted by Crippen LogP contribution is -2.43. The summed E-state index contributed by atoms with van der Waals surface area (Å²) in [6, 6.07) is 1.81. The van der Waals surface area contributed by atoms with Crippen LogP contribution in [0.5, 0.6) is 0 Å². The van der Waals surface area contributed by atoms with Gasteiger partial charge in [0.2, 0.25) is 5.91 Å². The minimum absolute atomic E-state index is 0.00902. The standard InChI is InChI=1S/C15H15N5O2S/c21-13(18-10-1-2-12-16-4-5-19(12)7-10)8-20-9-17-14-11(15(20)22)3-6-23-14/h3-6,9-10H,1-2,7-8H2,(H,18,21)/t10-/m0/s1. The monoisotopic (exact) mass is 329 g/mol. The van der Waals surface area contributed by atoms with Gasteiger partial charge in [-0.05, 0) is 17.9 Å². The molecular formula is C15H15N5O2S. The van der Waals surface area contributed by atoms with Gasteiger partial charge in [0.1, 0.15) is 17.2 Å². The summed E-state index contributed by atoms with van der Waals surface area (Å²) in [6.07, 6.45) is 6.85. The molecule has 0 aromatic carbocycles. The first-order valence-electron chi connectivity index (χ1n) is 7.43. The second-order valence-corrected chi connectivity index (χ2v) is 6.51. The molecule has 0 saturated heterocycles. The van der Waals surface area contributed by atoms with Gasteiger partial charge in [0, 0.05) is 31.4 Å². The van der Waals surface area contributed by atoms with Crippen molar-refractivity contribution in [1.82, 2.24) is 24.4 Å². The molecule has 8 heteroatoms. The molecule has 0 spiro atoms. The van der Waals surface area contributed by atoms with E-state index in [0.29, 0.717) is 10.2 Å². The lowest BCUT2D eigenvalue weighted by molar-refractivity contribution is -0.122. The number of rotatable bonds is 3. The first kappa shape index (κ1) is 14.1. The van der Waals surface area contributed by atoms with E-state index in [1.807, 2.05) is 11.6 Å². The van der Waals surface area contributed by atoms with Crippen LogP contribution in [0.25, 0.3) is 10.2 Å². The lowest BCUT2D eigenvalue weighted by atomic mass is 10.1. The Balaban J connectivity index is 1.45. The number of carbonyl (C=O) groups excluding carboxylic acids is 1. The Hall–Kier alpha value is -2.48. The molecule has 0 unspecified atom stereocenters. The van der Waals surface area contributed by atoms with Crippen LogP contribution in [0.15, 0.2) is 35.0 Å². The molecule has 3 aromatic rings. The highest BCUT2D eigenvalue weighted by atomic mass is 32.1. The molecule has 0 aliphatic carbocycles. The van der Waals surface area contributed by atoms with Crippen LogP contribution in [0.3, 0.4) is 0 Å².